The molecule has 0 radical (unpaired) electrons. The molecule has 0 aliphatic carbocycles. The van der Waals surface area contributed by atoms with Crippen molar-refractivity contribution in [1.29, 1.82) is 0 Å². The zero-order chi connectivity index (χ0) is 28.2. The fraction of sp³-hybridized carbons (Fsp3) is 0.219. The molecule has 0 saturated carbocycles. The predicted octanol–water partition coefficient (Wildman–Crippen LogP) is 4.44. The lowest BCUT2D eigenvalue weighted by molar-refractivity contribution is -0.139. The van der Waals surface area contributed by atoms with Gasteiger partial charge in [-0.2, -0.15) is 0 Å². The number of allylic oxidation sites excluding steroid dienone is 1. The van der Waals surface area contributed by atoms with Gasteiger partial charge in [0.1, 0.15) is 12.4 Å². The van der Waals surface area contributed by atoms with Crippen molar-refractivity contribution in [1.82, 2.24) is 4.57 Å². The maximum atomic E-state index is 13.8. The van der Waals surface area contributed by atoms with Crippen LogP contribution in [0.1, 0.15) is 36.6 Å². The topological polar surface area (TPSA) is 73.1 Å². The average Bonchev–Trinajstić information content (AvgIpc) is 3.26. The molecule has 4 aromatic rings. The van der Waals surface area contributed by atoms with Crippen molar-refractivity contribution in [3.63, 3.8) is 0 Å². The molecular formula is C32H31N3O4S. The van der Waals surface area contributed by atoms with Gasteiger partial charge in [-0.25, -0.2) is 9.79 Å². The Morgan fingerprint density at radius 2 is 1.73 bits per heavy atom. The van der Waals surface area contributed by atoms with E-state index in [4.69, 9.17) is 9.47 Å². The van der Waals surface area contributed by atoms with Gasteiger partial charge in [0.15, 0.2) is 4.80 Å². The molecule has 5 rings (SSSR count). The third-order valence-electron chi connectivity index (χ3n) is 6.67. The van der Waals surface area contributed by atoms with E-state index in [1.807, 2.05) is 104 Å². The van der Waals surface area contributed by atoms with Gasteiger partial charge in [-0.15, -0.1) is 0 Å². The molecule has 204 valence electrons. The van der Waals surface area contributed by atoms with E-state index in [9.17, 15) is 9.59 Å². The van der Waals surface area contributed by atoms with E-state index in [1.165, 1.54) is 11.3 Å². The summed E-state index contributed by atoms with van der Waals surface area (Å²) in [5.41, 5.74) is 4.51. The molecule has 0 unspecified atom stereocenters. The summed E-state index contributed by atoms with van der Waals surface area (Å²) in [5, 5.41) is 0. The minimum Gasteiger partial charge on any atom is -0.489 e. The lowest BCUT2D eigenvalue weighted by Crippen LogP contribution is -2.39. The maximum Gasteiger partial charge on any atom is 0.338 e. The number of aromatic nitrogens is 1. The first-order valence-corrected chi connectivity index (χ1v) is 13.9. The van der Waals surface area contributed by atoms with Crippen LogP contribution in [0.4, 0.5) is 5.69 Å². The van der Waals surface area contributed by atoms with Crippen LogP contribution in [0.2, 0.25) is 0 Å². The number of esters is 1. The molecule has 0 N–H and O–H groups in total. The van der Waals surface area contributed by atoms with E-state index in [2.05, 4.69) is 4.99 Å². The Morgan fingerprint density at radius 3 is 2.38 bits per heavy atom. The zero-order valence-corrected chi connectivity index (χ0v) is 23.8. The molecule has 1 aromatic heterocycles. The van der Waals surface area contributed by atoms with Crippen LogP contribution in [0.15, 0.2) is 99.9 Å². The second-order valence-electron chi connectivity index (χ2n) is 9.63. The van der Waals surface area contributed by atoms with Crippen LogP contribution in [0.5, 0.6) is 5.75 Å². The quantitative estimate of drug-likeness (QED) is 0.302. The first-order valence-electron chi connectivity index (χ1n) is 13.1. The van der Waals surface area contributed by atoms with Crippen LogP contribution in [0.3, 0.4) is 0 Å². The minimum atomic E-state index is -0.637. The molecule has 2 heterocycles. The summed E-state index contributed by atoms with van der Waals surface area (Å²) in [4.78, 5) is 34.1. The molecule has 1 aliphatic rings. The molecule has 40 heavy (non-hydrogen) atoms. The highest BCUT2D eigenvalue weighted by atomic mass is 32.1. The summed E-state index contributed by atoms with van der Waals surface area (Å²) >= 11 is 1.31. The molecule has 0 spiro atoms. The van der Waals surface area contributed by atoms with Crippen molar-refractivity contribution < 1.29 is 14.3 Å². The maximum absolute atomic E-state index is 13.8. The van der Waals surface area contributed by atoms with E-state index in [1.54, 1.807) is 18.4 Å². The summed E-state index contributed by atoms with van der Waals surface area (Å²) in [6.07, 6.45) is 1.85. The first-order chi connectivity index (χ1) is 19.4. The average molecular weight is 554 g/mol. The van der Waals surface area contributed by atoms with Gasteiger partial charge in [0.05, 0.1) is 28.5 Å². The van der Waals surface area contributed by atoms with Crippen molar-refractivity contribution in [3.8, 4) is 5.75 Å². The van der Waals surface area contributed by atoms with Gasteiger partial charge in [0.2, 0.25) is 0 Å². The molecule has 8 heteroatoms. The summed E-state index contributed by atoms with van der Waals surface area (Å²) in [6.45, 7) is 4.27. The molecule has 1 aliphatic heterocycles. The van der Waals surface area contributed by atoms with Gasteiger partial charge in [-0.3, -0.25) is 9.36 Å². The SMILES string of the molecule is CCOC(=O)C1=C(C)N=c2sc(=Cc3ccc(OCc4ccccc4)cc3)c(=O)n2[C@@H]1c1ccc(N(C)C)cc1. The van der Waals surface area contributed by atoms with Gasteiger partial charge >= 0.3 is 5.97 Å². The Balaban J connectivity index is 1.51. The predicted molar refractivity (Wildman–Crippen MR) is 158 cm³/mol. The highest BCUT2D eigenvalue weighted by Gasteiger charge is 2.33. The fourth-order valence-electron chi connectivity index (χ4n) is 4.61. The summed E-state index contributed by atoms with van der Waals surface area (Å²) in [6, 6.07) is 24.8. The van der Waals surface area contributed by atoms with Gasteiger partial charge in [0.25, 0.3) is 5.56 Å². The number of carbonyl (C=O) groups excluding carboxylic acids is 1. The normalized spacial score (nSPS) is 14.9. The van der Waals surface area contributed by atoms with Gasteiger partial charge < -0.3 is 14.4 Å². The van der Waals surface area contributed by atoms with Crippen LogP contribution in [-0.2, 0) is 16.1 Å². The molecule has 0 amide bonds. The van der Waals surface area contributed by atoms with E-state index < -0.39 is 12.0 Å². The van der Waals surface area contributed by atoms with Crippen LogP contribution in [0, 0.1) is 0 Å². The number of anilines is 1. The standard InChI is InChI=1S/C32H31N3O4S/c1-5-38-31(37)28-21(2)33-32-35(29(28)24-13-15-25(16-14-24)34(3)4)30(36)27(40-32)19-22-11-17-26(18-12-22)39-20-23-9-7-6-8-10-23/h6-19,29H,5,20H2,1-4H3/t29-/m1/s1. The van der Waals surface area contributed by atoms with Crippen molar-refractivity contribution in [3.05, 3.63) is 127 Å². The van der Waals surface area contributed by atoms with Gasteiger partial charge in [-0.05, 0) is 60.9 Å². The number of carbonyl (C=O) groups is 1. The molecule has 0 bridgehead atoms. The molecule has 0 fully saturated rings. The van der Waals surface area contributed by atoms with Crippen LogP contribution in [0.25, 0.3) is 6.08 Å². The number of fused-ring (bicyclic) bond motifs is 1. The van der Waals surface area contributed by atoms with Crippen molar-refractivity contribution in [2.24, 2.45) is 4.99 Å². The number of rotatable bonds is 8. The largest absolute Gasteiger partial charge is 0.489 e. The highest BCUT2D eigenvalue weighted by molar-refractivity contribution is 7.07. The number of ether oxygens (including phenoxy) is 2. The van der Waals surface area contributed by atoms with Gasteiger partial charge in [0, 0.05) is 19.8 Å². The van der Waals surface area contributed by atoms with E-state index >= 15 is 0 Å². The molecule has 0 saturated heterocycles. The minimum absolute atomic E-state index is 0.205. The van der Waals surface area contributed by atoms with Gasteiger partial charge in [-0.1, -0.05) is 65.9 Å². The Hall–Kier alpha value is -4.43. The van der Waals surface area contributed by atoms with Crippen LogP contribution < -0.4 is 24.5 Å². The van der Waals surface area contributed by atoms with Crippen LogP contribution in [-0.4, -0.2) is 31.2 Å². The lowest BCUT2D eigenvalue weighted by Gasteiger charge is -2.25. The number of benzene rings is 3. The number of hydrogen-bond acceptors (Lipinski definition) is 7. The third kappa shape index (κ3) is 5.62. The number of hydrogen-bond donors (Lipinski definition) is 0. The second kappa shape index (κ2) is 11.8. The number of thiazole rings is 1. The van der Waals surface area contributed by atoms with Crippen molar-refractivity contribution in [2.75, 3.05) is 25.6 Å². The Kier molecular flexibility index (Phi) is 7.98. The smallest absolute Gasteiger partial charge is 0.338 e. The van der Waals surface area contributed by atoms with E-state index in [-0.39, 0.29) is 12.2 Å². The Morgan fingerprint density at radius 1 is 1.02 bits per heavy atom. The molecule has 7 nitrogen and oxygen atoms in total. The summed E-state index contributed by atoms with van der Waals surface area (Å²) in [7, 11) is 3.93. The first kappa shape index (κ1) is 27.1. The lowest BCUT2D eigenvalue weighted by atomic mass is 9.95. The van der Waals surface area contributed by atoms with E-state index in [0.717, 1.165) is 28.1 Å². The van der Waals surface area contributed by atoms with Crippen LogP contribution >= 0.6 is 11.3 Å². The van der Waals surface area contributed by atoms with Crippen molar-refractivity contribution >= 4 is 29.1 Å². The Labute approximate surface area is 237 Å². The monoisotopic (exact) mass is 553 g/mol. The zero-order valence-electron chi connectivity index (χ0n) is 23.0. The van der Waals surface area contributed by atoms with Crippen molar-refractivity contribution in [2.45, 2.75) is 26.5 Å². The molecular weight excluding hydrogens is 522 g/mol. The second-order valence-corrected chi connectivity index (χ2v) is 10.6. The third-order valence-corrected chi connectivity index (χ3v) is 7.65. The van der Waals surface area contributed by atoms with E-state index in [0.29, 0.717) is 27.2 Å². The summed E-state index contributed by atoms with van der Waals surface area (Å²) < 4.78 is 13.4. The highest BCUT2D eigenvalue weighted by Crippen LogP contribution is 2.31. The molecule has 1 atom stereocenters. The fourth-order valence-corrected chi connectivity index (χ4v) is 5.66. The molecule has 3 aromatic carbocycles. The number of nitrogens with zero attached hydrogens (tertiary/aromatic N) is 3. The summed E-state index contributed by atoms with van der Waals surface area (Å²) in [5.74, 6) is 0.282. The Bertz CT molecular complexity index is 1720.